The summed E-state index contributed by atoms with van der Waals surface area (Å²) in [5.41, 5.74) is 0. The lowest BCUT2D eigenvalue weighted by atomic mass is 9.63. The van der Waals surface area contributed by atoms with Gasteiger partial charge in [0.15, 0.2) is 0 Å². The predicted molar refractivity (Wildman–Crippen MR) is 211 cm³/mol. The Bertz CT molecular complexity index is 725. The van der Waals surface area contributed by atoms with E-state index in [2.05, 4.69) is 69.2 Å². The Morgan fingerprint density at radius 2 is 0.688 bits per heavy atom. The van der Waals surface area contributed by atoms with E-state index in [-0.39, 0.29) is 12.4 Å². The van der Waals surface area contributed by atoms with Crippen LogP contribution in [0.4, 0.5) is 0 Å². The van der Waals surface area contributed by atoms with Crippen LogP contribution in [0.15, 0.2) is 0 Å². The minimum atomic E-state index is 0. The molecule has 9 unspecified atom stereocenters. The summed E-state index contributed by atoms with van der Waals surface area (Å²) in [6.07, 6.45) is 34.0. The number of quaternary nitrogens is 1. The van der Waals surface area contributed by atoms with E-state index in [1.807, 2.05) is 0 Å². The molecule has 0 heterocycles. The van der Waals surface area contributed by atoms with Crippen molar-refractivity contribution in [2.75, 3.05) is 6.54 Å². The van der Waals surface area contributed by atoms with Crippen LogP contribution in [0.3, 0.4) is 0 Å². The summed E-state index contributed by atoms with van der Waals surface area (Å²) in [5.74, 6) is 7.89. The third-order valence-electron chi connectivity index (χ3n) is 14.7. The molecule has 3 saturated carbocycles. The van der Waals surface area contributed by atoms with Crippen LogP contribution in [0, 0.1) is 53.3 Å². The highest BCUT2D eigenvalue weighted by Gasteiger charge is 2.59. The molecule has 0 N–H and O–H groups in total. The zero-order chi connectivity index (χ0) is 34.4. The highest BCUT2D eigenvalue weighted by atomic mass is 35.5. The Kier molecular flexibility index (Phi) is 21.3. The largest absolute Gasteiger partial charge is 1.00 e. The fourth-order valence-electron chi connectivity index (χ4n) is 11.9. The van der Waals surface area contributed by atoms with E-state index in [0.717, 1.165) is 71.4 Å². The topological polar surface area (TPSA) is 0 Å². The summed E-state index contributed by atoms with van der Waals surface area (Å²) in [6.45, 7) is 27.4. The van der Waals surface area contributed by atoms with Gasteiger partial charge in [0, 0.05) is 37.0 Å². The molecule has 0 amide bonds. The number of hydrogen-bond donors (Lipinski definition) is 0. The Morgan fingerprint density at radius 3 is 0.958 bits per heavy atom. The first-order valence-electron chi connectivity index (χ1n) is 22.4. The minimum absolute atomic E-state index is 0. The molecular formula is C46H90ClN. The first kappa shape index (κ1) is 44.4. The van der Waals surface area contributed by atoms with E-state index in [4.69, 9.17) is 0 Å². The molecule has 0 spiro atoms. The lowest BCUT2D eigenvalue weighted by Crippen LogP contribution is -3.00. The van der Waals surface area contributed by atoms with E-state index in [9.17, 15) is 0 Å². The minimum Gasteiger partial charge on any atom is -1.00 e. The molecule has 3 aliphatic rings. The van der Waals surface area contributed by atoms with E-state index in [1.54, 1.807) is 4.48 Å². The molecule has 2 heteroatoms. The van der Waals surface area contributed by atoms with Crippen molar-refractivity contribution < 1.29 is 16.9 Å². The summed E-state index contributed by atoms with van der Waals surface area (Å²) >= 11 is 0. The van der Waals surface area contributed by atoms with Crippen molar-refractivity contribution >= 4 is 0 Å². The van der Waals surface area contributed by atoms with Crippen molar-refractivity contribution in [2.24, 2.45) is 53.3 Å². The molecule has 0 bridgehead atoms. The van der Waals surface area contributed by atoms with E-state index < -0.39 is 0 Å². The highest BCUT2D eigenvalue weighted by molar-refractivity contribution is 4.94. The lowest BCUT2D eigenvalue weighted by Gasteiger charge is -2.64. The Balaban J connectivity index is 0.00000800. The maximum absolute atomic E-state index is 2.64. The smallest absolute Gasteiger partial charge is 0.0928 e. The number of unbranched alkanes of at least 4 members (excludes halogenated alkanes) is 13. The molecule has 0 aromatic rings. The maximum atomic E-state index is 2.64. The van der Waals surface area contributed by atoms with Crippen LogP contribution < -0.4 is 12.4 Å². The highest BCUT2D eigenvalue weighted by Crippen LogP contribution is 2.53. The zero-order valence-corrected chi connectivity index (χ0v) is 35.5. The molecule has 0 saturated heterocycles. The fourth-order valence-corrected chi connectivity index (χ4v) is 11.9. The number of halogens is 1. The van der Waals surface area contributed by atoms with Gasteiger partial charge < -0.3 is 16.9 Å². The zero-order valence-electron chi connectivity index (χ0n) is 34.7. The third-order valence-corrected chi connectivity index (χ3v) is 14.7. The Labute approximate surface area is 310 Å². The van der Waals surface area contributed by atoms with Crippen molar-refractivity contribution in [1.82, 2.24) is 0 Å². The SMILES string of the molecule is CCCCCCCCCCCCCCCC[N+](C1CC(C)CCC1C(C)C)(C1CC(C)CCC1C(C)C)C1CC(C)CCC1C(C)C.[Cl-]. The molecule has 48 heavy (non-hydrogen) atoms. The first-order chi connectivity index (χ1) is 22.5. The molecule has 3 aliphatic carbocycles. The van der Waals surface area contributed by atoms with Crippen LogP contribution in [0.25, 0.3) is 0 Å². The van der Waals surface area contributed by atoms with Gasteiger partial charge in [-0.25, -0.2) is 0 Å². The average Bonchev–Trinajstić information content (AvgIpc) is 3.02. The Morgan fingerprint density at radius 1 is 0.417 bits per heavy atom. The van der Waals surface area contributed by atoms with Crippen LogP contribution in [0.5, 0.6) is 0 Å². The molecular weight excluding hydrogens is 602 g/mol. The van der Waals surface area contributed by atoms with Crippen LogP contribution in [-0.2, 0) is 0 Å². The summed E-state index contributed by atoms with van der Waals surface area (Å²) in [6, 6.07) is 2.65. The summed E-state index contributed by atoms with van der Waals surface area (Å²) in [7, 11) is 0. The number of rotatable bonds is 21. The van der Waals surface area contributed by atoms with Crippen molar-refractivity contribution in [1.29, 1.82) is 0 Å². The van der Waals surface area contributed by atoms with Crippen LogP contribution >= 0.6 is 0 Å². The van der Waals surface area contributed by atoms with Gasteiger partial charge in [0.05, 0.1) is 24.7 Å². The summed E-state index contributed by atoms with van der Waals surface area (Å²) in [4.78, 5) is 0. The maximum Gasteiger partial charge on any atom is 0.0928 e. The second-order valence-corrected chi connectivity index (χ2v) is 19.5. The third kappa shape index (κ3) is 12.7. The quantitative estimate of drug-likeness (QED) is 0.0830. The van der Waals surface area contributed by atoms with Gasteiger partial charge in [-0.3, -0.25) is 0 Å². The molecule has 1 nitrogen and oxygen atoms in total. The van der Waals surface area contributed by atoms with Gasteiger partial charge in [0.25, 0.3) is 0 Å². The van der Waals surface area contributed by atoms with Crippen molar-refractivity contribution in [3.8, 4) is 0 Å². The van der Waals surface area contributed by atoms with Crippen molar-refractivity contribution in [2.45, 2.75) is 235 Å². The summed E-state index contributed by atoms with van der Waals surface area (Å²) < 4.78 is 1.56. The molecule has 0 aromatic heterocycles. The predicted octanol–water partition coefficient (Wildman–Crippen LogP) is 11.7. The number of nitrogens with zero attached hydrogens (tertiary/aromatic N) is 1. The lowest BCUT2D eigenvalue weighted by molar-refractivity contribution is -1.01. The van der Waals surface area contributed by atoms with Crippen LogP contribution in [0.2, 0.25) is 0 Å². The molecule has 0 aliphatic heterocycles. The van der Waals surface area contributed by atoms with E-state index in [1.165, 1.54) is 154 Å². The number of hydrogen-bond acceptors (Lipinski definition) is 0. The monoisotopic (exact) mass is 692 g/mol. The molecule has 9 atom stereocenters. The molecule has 0 radical (unpaired) electrons. The van der Waals surface area contributed by atoms with E-state index in [0.29, 0.717) is 0 Å². The van der Waals surface area contributed by atoms with Gasteiger partial charge in [0.2, 0.25) is 0 Å². The molecule has 286 valence electrons. The van der Waals surface area contributed by atoms with Crippen LogP contribution in [-0.4, -0.2) is 29.2 Å². The molecule has 0 aromatic carbocycles. The second kappa shape index (κ2) is 23.0. The second-order valence-electron chi connectivity index (χ2n) is 19.5. The van der Waals surface area contributed by atoms with Gasteiger partial charge in [0.1, 0.15) is 0 Å². The van der Waals surface area contributed by atoms with Gasteiger partial charge in [-0.05, 0) is 86.9 Å². The van der Waals surface area contributed by atoms with Gasteiger partial charge >= 0.3 is 0 Å². The Hall–Kier alpha value is 0.250. The van der Waals surface area contributed by atoms with Gasteiger partial charge in [-0.1, -0.05) is 146 Å². The molecule has 3 rings (SSSR count). The average molecular weight is 693 g/mol. The van der Waals surface area contributed by atoms with Crippen molar-refractivity contribution in [3.63, 3.8) is 0 Å². The normalized spacial score (nSPS) is 32.8. The van der Waals surface area contributed by atoms with E-state index >= 15 is 0 Å². The van der Waals surface area contributed by atoms with Crippen LogP contribution in [0.1, 0.15) is 217 Å². The molecule has 3 fully saturated rings. The van der Waals surface area contributed by atoms with Gasteiger partial charge in [-0.2, -0.15) is 0 Å². The fraction of sp³-hybridized carbons (Fsp3) is 1.00. The van der Waals surface area contributed by atoms with Crippen molar-refractivity contribution in [3.05, 3.63) is 0 Å². The first-order valence-corrected chi connectivity index (χ1v) is 22.4. The summed E-state index contributed by atoms with van der Waals surface area (Å²) in [5, 5.41) is 0. The standard InChI is InChI=1S/C46H90N.ClH/c1-11-12-13-14-15-16-17-18-19-20-21-22-23-24-31-47(44-32-38(8)25-28-41(44)35(2)3,45-33-39(9)26-29-42(45)36(4)5)46-34-40(10)27-30-43(46)37(6)7;/h35-46H,11-34H2,1-10H3;1H/q+1;/p-1. The van der Waals surface area contributed by atoms with Gasteiger partial charge in [-0.15, -0.1) is 0 Å².